The molecule has 2 fully saturated rings. The van der Waals surface area contributed by atoms with Crippen LogP contribution in [-0.2, 0) is 4.74 Å². The number of hydrogen-bond donors (Lipinski definition) is 1. The first-order valence-electron chi connectivity index (χ1n) is 9.43. The summed E-state index contributed by atoms with van der Waals surface area (Å²) in [7, 11) is 0. The van der Waals surface area contributed by atoms with Crippen LogP contribution in [0.15, 0.2) is 42.5 Å². The minimum Gasteiger partial charge on any atom is -0.492 e. The van der Waals surface area contributed by atoms with E-state index in [0.29, 0.717) is 25.9 Å². The van der Waals surface area contributed by atoms with Crippen LogP contribution in [0.25, 0.3) is 10.8 Å². The predicted molar refractivity (Wildman–Crippen MR) is 99.0 cm³/mol. The molecule has 4 rings (SSSR count). The van der Waals surface area contributed by atoms with Crippen molar-refractivity contribution >= 4 is 10.8 Å². The summed E-state index contributed by atoms with van der Waals surface area (Å²) in [4.78, 5) is 2.48. The summed E-state index contributed by atoms with van der Waals surface area (Å²) in [5, 5.41) is 12.7. The molecule has 4 heteroatoms. The van der Waals surface area contributed by atoms with Crippen LogP contribution in [0, 0.1) is 5.92 Å². The molecular weight excluding hydrogens is 314 g/mol. The zero-order valence-corrected chi connectivity index (χ0v) is 14.6. The molecule has 0 aliphatic carbocycles. The third kappa shape index (κ3) is 3.66. The van der Waals surface area contributed by atoms with Gasteiger partial charge in [0.25, 0.3) is 0 Å². The van der Waals surface area contributed by atoms with Gasteiger partial charge in [-0.25, -0.2) is 0 Å². The molecule has 0 aromatic heterocycles. The van der Waals surface area contributed by atoms with Crippen molar-refractivity contribution in [2.45, 2.75) is 31.4 Å². The molecule has 2 heterocycles. The standard InChI is InChI=1S/C21H27NO3/c23-20-10-13-24-15-18(20)19-8-4-11-22(19)12-14-25-21-9-3-6-16-5-1-2-7-17(16)21/h1-3,5-7,9,18-20,23H,4,8,10-15H2/t18-,19-,20-/m1/s1. The van der Waals surface area contributed by atoms with Gasteiger partial charge in [-0.1, -0.05) is 36.4 Å². The number of nitrogens with zero attached hydrogens (tertiary/aromatic N) is 1. The van der Waals surface area contributed by atoms with Crippen LogP contribution in [0.5, 0.6) is 5.75 Å². The maximum absolute atomic E-state index is 10.3. The van der Waals surface area contributed by atoms with Crippen LogP contribution in [0.2, 0.25) is 0 Å². The lowest BCUT2D eigenvalue weighted by atomic mass is 9.89. The molecule has 2 saturated heterocycles. The Bertz CT molecular complexity index is 699. The lowest BCUT2D eigenvalue weighted by molar-refractivity contribution is -0.0634. The van der Waals surface area contributed by atoms with E-state index in [4.69, 9.17) is 9.47 Å². The maximum Gasteiger partial charge on any atom is 0.127 e. The zero-order valence-electron chi connectivity index (χ0n) is 14.6. The first-order chi connectivity index (χ1) is 12.3. The van der Waals surface area contributed by atoms with E-state index < -0.39 is 0 Å². The van der Waals surface area contributed by atoms with Crippen LogP contribution >= 0.6 is 0 Å². The van der Waals surface area contributed by atoms with Crippen molar-refractivity contribution < 1.29 is 14.6 Å². The Morgan fingerprint density at radius 3 is 2.92 bits per heavy atom. The van der Waals surface area contributed by atoms with Gasteiger partial charge >= 0.3 is 0 Å². The van der Waals surface area contributed by atoms with Gasteiger partial charge in [-0.2, -0.15) is 0 Å². The van der Waals surface area contributed by atoms with Gasteiger partial charge in [0.15, 0.2) is 0 Å². The molecule has 25 heavy (non-hydrogen) atoms. The van der Waals surface area contributed by atoms with Gasteiger partial charge in [0, 0.05) is 30.5 Å². The number of ether oxygens (including phenoxy) is 2. The second-order valence-corrected chi connectivity index (χ2v) is 7.17. The highest BCUT2D eigenvalue weighted by Gasteiger charge is 2.37. The van der Waals surface area contributed by atoms with Gasteiger partial charge in [-0.15, -0.1) is 0 Å². The third-order valence-electron chi connectivity index (χ3n) is 5.66. The van der Waals surface area contributed by atoms with Crippen LogP contribution in [0.4, 0.5) is 0 Å². The third-order valence-corrected chi connectivity index (χ3v) is 5.66. The van der Waals surface area contributed by atoms with Gasteiger partial charge in [0.2, 0.25) is 0 Å². The van der Waals surface area contributed by atoms with E-state index in [9.17, 15) is 5.11 Å². The molecule has 2 aliphatic heterocycles. The highest BCUT2D eigenvalue weighted by Crippen LogP contribution is 2.30. The largest absolute Gasteiger partial charge is 0.492 e. The molecule has 0 spiro atoms. The van der Waals surface area contributed by atoms with E-state index in [0.717, 1.165) is 31.7 Å². The Balaban J connectivity index is 1.37. The summed E-state index contributed by atoms with van der Waals surface area (Å²) in [6, 6.07) is 15.0. The summed E-state index contributed by atoms with van der Waals surface area (Å²) in [5.74, 6) is 1.20. The molecule has 4 nitrogen and oxygen atoms in total. The average molecular weight is 341 g/mol. The SMILES string of the molecule is O[C@@H]1CCOC[C@@H]1[C@H]1CCCN1CCOc1cccc2ccccc12. The summed E-state index contributed by atoms with van der Waals surface area (Å²) < 4.78 is 11.7. The molecule has 134 valence electrons. The molecule has 1 N–H and O–H groups in total. The minimum atomic E-state index is -0.224. The second-order valence-electron chi connectivity index (χ2n) is 7.17. The molecule has 0 unspecified atom stereocenters. The van der Waals surface area contributed by atoms with Crippen molar-refractivity contribution in [3.05, 3.63) is 42.5 Å². The molecular formula is C21H27NO3. The van der Waals surface area contributed by atoms with Crippen LogP contribution in [0.1, 0.15) is 19.3 Å². The highest BCUT2D eigenvalue weighted by atomic mass is 16.5. The normalized spacial score (nSPS) is 27.6. The molecule has 0 radical (unpaired) electrons. The second kappa shape index (κ2) is 7.73. The van der Waals surface area contributed by atoms with Gasteiger partial charge in [0.05, 0.1) is 12.7 Å². The van der Waals surface area contributed by atoms with Crippen molar-refractivity contribution in [2.75, 3.05) is 32.9 Å². The fraction of sp³-hybridized carbons (Fsp3) is 0.524. The zero-order chi connectivity index (χ0) is 17.1. The van der Waals surface area contributed by atoms with Crippen molar-refractivity contribution in [1.82, 2.24) is 4.90 Å². The molecule has 2 aromatic carbocycles. The molecule has 3 atom stereocenters. The van der Waals surface area contributed by atoms with Crippen molar-refractivity contribution in [1.29, 1.82) is 0 Å². The summed E-state index contributed by atoms with van der Waals surface area (Å²) in [6.45, 7) is 4.04. The molecule has 2 aliphatic rings. The Labute approximate surface area is 149 Å². The van der Waals surface area contributed by atoms with Gasteiger partial charge in [-0.05, 0) is 37.3 Å². The predicted octanol–water partition coefficient (Wildman–Crippen LogP) is 3.08. The van der Waals surface area contributed by atoms with E-state index in [1.165, 1.54) is 17.2 Å². The van der Waals surface area contributed by atoms with Crippen LogP contribution < -0.4 is 4.74 Å². The average Bonchev–Trinajstić information content (AvgIpc) is 3.11. The number of rotatable bonds is 5. The Morgan fingerprint density at radius 2 is 2.00 bits per heavy atom. The Kier molecular flexibility index (Phi) is 5.20. The lowest BCUT2D eigenvalue weighted by Crippen LogP contribution is -2.47. The smallest absolute Gasteiger partial charge is 0.127 e. The van der Waals surface area contributed by atoms with Crippen LogP contribution in [-0.4, -0.2) is 55.1 Å². The first kappa shape index (κ1) is 16.8. The van der Waals surface area contributed by atoms with Gasteiger partial charge < -0.3 is 14.6 Å². The summed E-state index contributed by atoms with van der Waals surface area (Å²) in [5.41, 5.74) is 0. The summed E-state index contributed by atoms with van der Waals surface area (Å²) in [6.07, 6.45) is 2.89. The van der Waals surface area contributed by atoms with Gasteiger partial charge in [-0.3, -0.25) is 4.90 Å². The minimum absolute atomic E-state index is 0.224. The fourth-order valence-corrected chi connectivity index (χ4v) is 4.32. The molecule has 2 aromatic rings. The van der Waals surface area contributed by atoms with E-state index >= 15 is 0 Å². The van der Waals surface area contributed by atoms with E-state index in [1.807, 2.05) is 12.1 Å². The van der Waals surface area contributed by atoms with Crippen molar-refractivity contribution in [2.24, 2.45) is 5.92 Å². The van der Waals surface area contributed by atoms with E-state index in [-0.39, 0.29) is 12.0 Å². The Hall–Kier alpha value is -1.62. The van der Waals surface area contributed by atoms with Gasteiger partial charge in [0.1, 0.15) is 12.4 Å². The molecule has 0 amide bonds. The lowest BCUT2D eigenvalue weighted by Gasteiger charge is -2.37. The van der Waals surface area contributed by atoms with Crippen LogP contribution in [0.3, 0.4) is 0 Å². The van der Waals surface area contributed by atoms with Crippen molar-refractivity contribution in [3.8, 4) is 5.75 Å². The number of hydrogen-bond acceptors (Lipinski definition) is 4. The highest BCUT2D eigenvalue weighted by molar-refractivity contribution is 5.88. The maximum atomic E-state index is 10.3. The van der Waals surface area contributed by atoms with E-state index in [2.05, 4.69) is 35.2 Å². The topological polar surface area (TPSA) is 41.9 Å². The monoisotopic (exact) mass is 341 g/mol. The number of benzene rings is 2. The first-order valence-corrected chi connectivity index (χ1v) is 9.43. The molecule has 0 saturated carbocycles. The number of aliphatic hydroxyl groups excluding tert-OH is 1. The Morgan fingerprint density at radius 1 is 1.12 bits per heavy atom. The quantitative estimate of drug-likeness (QED) is 0.907. The summed E-state index contributed by atoms with van der Waals surface area (Å²) >= 11 is 0. The van der Waals surface area contributed by atoms with Crippen molar-refractivity contribution in [3.63, 3.8) is 0 Å². The number of fused-ring (bicyclic) bond motifs is 1. The van der Waals surface area contributed by atoms with E-state index in [1.54, 1.807) is 0 Å². The molecule has 0 bridgehead atoms. The number of likely N-dealkylation sites (tertiary alicyclic amines) is 1. The number of aliphatic hydroxyl groups is 1. The fourth-order valence-electron chi connectivity index (χ4n) is 4.32.